The molecule has 0 aliphatic rings. The predicted octanol–water partition coefficient (Wildman–Crippen LogP) is 10.8. The molecule has 222 valence electrons. The van der Waals surface area contributed by atoms with Crippen molar-refractivity contribution in [1.82, 2.24) is 19.9 Å². The number of allylic oxidation sites excluding steroid dienone is 6. The van der Waals surface area contributed by atoms with Crippen LogP contribution in [0.25, 0.3) is 67.6 Å². The third-order valence-corrected chi connectivity index (χ3v) is 7.86. The lowest BCUT2D eigenvalue weighted by Crippen LogP contribution is -1.97. The van der Waals surface area contributed by atoms with Gasteiger partial charge in [0, 0.05) is 22.3 Å². The number of hydrogen-bond donors (Lipinski definition) is 0. The molecular weight excluding hydrogens is 560 g/mol. The summed E-state index contributed by atoms with van der Waals surface area (Å²) in [7, 11) is 0. The van der Waals surface area contributed by atoms with Crippen molar-refractivity contribution in [2.45, 2.75) is 13.8 Å². The molecule has 0 atom stereocenters. The van der Waals surface area contributed by atoms with E-state index in [4.69, 9.17) is 19.9 Å². The van der Waals surface area contributed by atoms with Crippen molar-refractivity contribution in [3.63, 3.8) is 0 Å². The molecule has 2 aromatic heterocycles. The lowest BCUT2D eigenvalue weighted by atomic mass is 9.99. The molecule has 0 saturated heterocycles. The Morgan fingerprint density at radius 1 is 0.522 bits per heavy atom. The van der Waals surface area contributed by atoms with Crippen molar-refractivity contribution < 1.29 is 0 Å². The van der Waals surface area contributed by atoms with Gasteiger partial charge in [0.1, 0.15) is 0 Å². The summed E-state index contributed by atoms with van der Waals surface area (Å²) in [5, 5.41) is 0. The van der Waals surface area contributed by atoms with E-state index >= 15 is 0 Å². The van der Waals surface area contributed by atoms with Crippen molar-refractivity contribution in [2.75, 3.05) is 0 Å². The Balaban J connectivity index is 1.32. The molecule has 0 spiro atoms. The van der Waals surface area contributed by atoms with Gasteiger partial charge in [-0.25, -0.2) is 19.9 Å². The standard InChI is InChI=1S/C42H34N4/c1-5-14-30(7-3)38-28-40(46-42(44-38)36-17-12-9-13-18-36)34-25-21-32(22-26-34)31-19-23-33(24-20-31)39-27-37(29(4)6-2)43-41(45-39)35-15-10-8-11-16-35/h5-28H,1,3H2,2,4H3. The minimum atomic E-state index is 0.664. The fourth-order valence-electron chi connectivity index (χ4n) is 5.17. The normalized spacial score (nSPS) is 11.7. The third kappa shape index (κ3) is 6.57. The van der Waals surface area contributed by atoms with E-state index < -0.39 is 0 Å². The minimum absolute atomic E-state index is 0.664. The summed E-state index contributed by atoms with van der Waals surface area (Å²) in [6.45, 7) is 11.9. The molecule has 0 bridgehead atoms. The fraction of sp³-hybridized carbons (Fsp3) is 0.0476. The summed E-state index contributed by atoms with van der Waals surface area (Å²) in [4.78, 5) is 19.6. The summed E-state index contributed by atoms with van der Waals surface area (Å²) in [6, 6.07) is 41.2. The highest BCUT2D eigenvalue weighted by Gasteiger charge is 2.13. The average molecular weight is 595 g/mol. The van der Waals surface area contributed by atoms with E-state index in [0.29, 0.717) is 5.82 Å². The van der Waals surface area contributed by atoms with Crippen LogP contribution in [-0.4, -0.2) is 19.9 Å². The number of aromatic nitrogens is 4. The van der Waals surface area contributed by atoms with Gasteiger partial charge in [0.05, 0.1) is 22.8 Å². The van der Waals surface area contributed by atoms with Crippen LogP contribution in [0.1, 0.15) is 25.2 Å². The van der Waals surface area contributed by atoms with E-state index in [2.05, 4.69) is 80.8 Å². The van der Waals surface area contributed by atoms with Gasteiger partial charge in [-0.1, -0.05) is 147 Å². The average Bonchev–Trinajstić information content (AvgIpc) is 3.14. The van der Waals surface area contributed by atoms with Crippen molar-refractivity contribution in [3.05, 3.63) is 170 Å². The highest BCUT2D eigenvalue weighted by Crippen LogP contribution is 2.30. The second kappa shape index (κ2) is 13.7. The van der Waals surface area contributed by atoms with Crippen molar-refractivity contribution >= 4 is 11.1 Å². The number of hydrogen-bond acceptors (Lipinski definition) is 4. The Hall–Kier alpha value is -6.00. The molecule has 4 nitrogen and oxygen atoms in total. The highest BCUT2D eigenvalue weighted by molar-refractivity contribution is 5.78. The second-order valence-corrected chi connectivity index (χ2v) is 10.8. The van der Waals surface area contributed by atoms with Gasteiger partial charge in [-0.15, -0.1) is 0 Å². The van der Waals surface area contributed by atoms with Crippen LogP contribution >= 0.6 is 0 Å². The van der Waals surface area contributed by atoms with Gasteiger partial charge in [0.2, 0.25) is 0 Å². The molecule has 2 heterocycles. The largest absolute Gasteiger partial charge is 0.228 e. The molecule has 0 N–H and O–H groups in total. The van der Waals surface area contributed by atoms with Crippen molar-refractivity contribution in [2.24, 2.45) is 0 Å². The topological polar surface area (TPSA) is 51.6 Å². The molecule has 46 heavy (non-hydrogen) atoms. The summed E-state index contributed by atoms with van der Waals surface area (Å²) in [5.41, 5.74) is 11.7. The van der Waals surface area contributed by atoms with Crippen LogP contribution in [0, 0.1) is 0 Å². The first-order valence-electron chi connectivity index (χ1n) is 15.3. The van der Waals surface area contributed by atoms with Gasteiger partial charge < -0.3 is 0 Å². The molecule has 0 unspecified atom stereocenters. The first kappa shape index (κ1) is 30.0. The van der Waals surface area contributed by atoms with Crippen LogP contribution < -0.4 is 0 Å². The van der Waals surface area contributed by atoms with Crippen LogP contribution in [0.2, 0.25) is 0 Å². The van der Waals surface area contributed by atoms with Crippen LogP contribution in [0.5, 0.6) is 0 Å². The SMILES string of the molecule is C=CC=C(C=C)c1cc(-c2ccc(-c3ccc(-c4cc(C(C)=CC)nc(-c5ccccc5)n4)cc3)cc2)nc(-c2ccccc2)n1. The number of benzene rings is 4. The van der Waals surface area contributed by atoms with Crippen molar-refractivity contribution in [1.29, 1.82) is 0 Å². The first-order valence-corrected chi connectivity index (χ1v) is 15.3. The Labute approximate surface area is 270 Å². The van der Waals surface area contributed by atoms with E-state index in [0.717, 1.165) is 73.1 Å². The van der Waals surface area contributed by atoms with Crippen LogP contribution in [0.3, 0.4) is 0 Å². The van der Waals surface area contributed by atoms with E-state index in [9.17, 15) is 0 Å². The zero-order valence-corrected chi connectivity index (χ0v) is 26.1. The van der Waals surface area contributed by atoms with Gasteiger partial charge >= 0.3 is 0 Å². The summed E-state index contributed by atoms with van der Waals surface area (Å²) in [5.74, 6) is 1.38. The zero-order valence-electron chi connectivity index (χ0n) is 26.1. The Morgan fingerprint density at radius 2 is 0.957 bits per heavy atom. The molecule has 6 aromatic rings. The molecule has 0 fully saturated rings. The quantitative estimate of drug-likeness (QED) is 0.156. The van der Waals surface area contributed by atoms with Gasteiger partial charge in [-0.2, -0.15) is 0 Å². The molecule has 0 saturated carbocycles. The van der Waals surface area contributed by atoms with E-state index in [1.807, 2.05) is 79.7 Å². The van der Waals surface area contributed by atoms with E-state index in [1.54, 1.807) is 12.2 Å². The Morgan fingerprint density at radius 3 is 1.39 bits per heavy atom. The number of rotatable bonds is 9. The van der Waals surface area contributed by atoms with Crippen LogP contribution in [-0.2, 0) is 0 Å². The zero-order chi connectivity index (χ0) is 31.9. The molecule has 0 amide bonds. The fourth-order valence-corrected chi connectivity index (χ4v) is 5.17. The van der Waals surface area contributed by atoms with Gasteiger partial charge in [0.25, 0.3) is 0 Å². The predicted molar refractivity (Wildman–Crippen MR) is 192 cm³/mol. The molecule has 6 rings (SSSR count). The number of nitrogens with zero attached hydrogens (tertiary/aromatic N) is 4. The maximum absolute atomic E-state index is 4.94. The third-order valence-electron chi connectivity index (χ3n) is 7.86. The van der Waals surface area contributed by atoms with Crippen LogP contribution in [0.4, 0.5) is 0 Å². The monoisotopic (exact) mass is 594 g/mol. The van der Waals surface area contributed by atoms with E-state index in [-0.39, 0.29) is 0 Å². The highest BCUT2D eigenvalue weighted by atomic mass is 14.9. The summed E-state index contributed by atoms with van der Waals surface area (Å²) >= 11 is 0. The summed E-state index contributed by atoms with van der Waals surface area (Å²) < 4.78 is 0. The maximum Gasteiger partial charge on any atom is 0.160 e. The molecule has 0 radical (unpaired) electrons. The Kier molecular flexibility index (Phi) is 8.98. The maximum atomic E-state index is 4.94. The molecule has 4 aromatic carbocycles. The molecule has 0 aliphatic carbocycles. The Bertz CT molecular complexity index is 2060. The van der Waals surface area contributed by atoms with Crippen LogP contribution in [0.15, 0.2) is 159 Å². The van der Waals surface area contributed by atoms with Crippen molar-refractivity contribution in [3.8, 4) is 56.4 Å². The first-order chi connectivity index (χ1) is 22.6. The second-order valence-electron chi connectivity index (χ2n) is 10.8. The van der Waals surface area contributed by atoms with Gasteiger partial charge in [-0.05, 0) is 48.3 Å². The van der Waals surface area contributed by atoms with E-state index in [1.165, 1.54) is 0 Å². The molecular formula is C42H34N4. The lowest BCUT2D eigenvalue weighted by Gasteiger charge is -2.11. The minimum Gasteiger partial charge on any atom is -0.228 e. The van der Waals surface area contributed by atoms with Gasteiger partial charge in [-0.3, -0.25) is 0 Å². The molecule has 4 heteroatoms. The summed E-state index contributed by atoms with van der Waals surface area (Å²) in [6.07, 6.45) is 7.53. The molecule has 0 aliphatic heterocycles. The smallest absolute Gasteiger partial charge is 0.160 e. The lowest BCUT2D eigenvalue weighted by molar-refractivity contribution is 1.15. The van der Waals surface area contributed by atoms with Gasteiger partial charge in [0.15, 0.2) is 11.6 Å².